The van der Waals surface area contributed by atoms with Crippen LogP contribution in [0.3, 0.4) is 0 Å². The lowest BCUT2D eigenvalue weighted by Gasteiger charge is -1.90. The van der Waals surface area contributed by atoms with Gasteiger partial charge in [-0.3, -0.25) is 0 Å². The van der Waals surface area contributed by atoms with Crippen LogP contribution in [0.1, 0.15) is 50.1 Å². The fourth-order valence-corrected chi connectivity index (χ4v) is 3.08. The molecule has 0 spiro atoms. The standard InChI is InChI=1S/4C8H10.C7H7F/c4*1-7-3-5-8(2)6-4-7;1-6-2-4-7(8)5-3-6/h4*3-6H,1-2H3;2-5H,1H3. The summed E-state index contributed by atoms with van der Waals surface area (Å²) in [4.78, 5) is 0. The molecule has 0 aliphatic carbocycles. The summed E-state index contributed by atoms with van der Waals surface area (Å²) in [6.45, 7) is 18.7. The van der Waals surface area contributed by atoms with Crippen LogP contribution in [-0.4, -0.2) is 0 Å². The third-order valence-corrected chi connectivity index (χ3v) is 5.88. The zero-order chi connectivity index (χ0) is 29.9. The summed E-state index contributed by atoms with van der Waals surface area (Å²) in [5.41, 5.74) is 11.7. The molecule has 5 aromatic rings. The summed E-state index contributed by atoms with van der Waals surface area (Å²) in [6, 6.07) is 40.3. The van der Waals surface area contributed by atoms with Gasteiger partial charge in [-0.1, -0.05) is 159 Å². The highest BCUT2D eigenvalue weighted by atomic mass is 19.1. The Morgan fingerprint density at radius 2 is 0.325 bits per heavy atom. The van der Waals surface area contributed by atoms with Crippen LogP contribution in [0.15, 0.2) is 121 Å². The maximum atomic E-state index is 12.1. The van der Waals surface area contributed by atoms with Gasteiger partial charge in [-0.25, -0.2) is 4.39 Å². The van der Waals surface area contributed by atoms with Gasteiger partial charge in [0.1, 0.15) is 5.82 Å². The molecule has 0 saturated heterocycles. The van der Waals surface area contributed by atoms with Crippen LogP contribution >= 0.6 is 0 Å². The lowest BCUT2D eigenvalue weighted by atomic mass is 10.2. The topological polar surface area (TPSA) is 0 Å². The molecule has 0 heterocycles. The molecule has 0 nitrogen and oxygen atoms in total. The lowest BCUT2D eigenvalue weighted by molar-refractivity contribution is 0.627. The molecule has 0 amide bonds. The van der Waals surface area contributed by atoms with Crippen LogP contribution in [0.2, 0.25) is 0 Å². The Labute approximate surface area is 243 Å². The molecule has 0 atom stereocenters. The molecule has 0 aromatic heterocycles. The van der Waals surface area contributed by atoms with Gasteiger partial charge in [0.25, 0.3) is 0 Å². The van der Waals surface area contributed by atoms with Gasteiger partial charge in [0.15, 0.2) is 0 Å². The van der Waals surface area contributed by atoms with E-state index in [-0.39, 0.29) is 5.82 Å². The van der Waals surface area contributed by atoms with Gasteiger partial charge in [0, 0.05) is 0 Å². The molecule has 0 aliphatic heterocycles. The summed E-state index contributed by atoms with van der Waals surface area (Å²) < 4.78 is 12.1. The number of hydrogen-bond acceptors (Lipinski definition) is 0. The van der Waals surface area contributed by atoms with Crippen LogP contribution in [0.25, 0.3) is 0 Å². The van der Waals surface area contributed by atoms with E-state index >= 15 is 0 Å². The molecule has 0 bridgehead atoms. The Morgan fingerprint density at radius 1 is 0.225 bits per heavy atom. The first-order valence-electron chi connectivity index (χ1n) is 13.8. The van der Waals surface area contributed by atoms with E-state index in [4.69, 9.17) is 0 Å². The van der Waals surface area contributed by atoms with Crippen molar-refractivity contribution < 1.29 is 4.39 Å². The summed E-state index contributed by atoms with van der Waals surface area (Å²) in [7, 11) is 0. The van der Waals surface area contributed by atoms with Gasteiger partial charge < -0.3 is 0 Å². The lowest BCUT2D eigenvalue weighted by Crippen LogP contribution is -1.71. The molecule has 40 heavy (non-hydrogen) atoms. The second-order valence-electron chi connectivity index (χ2n) is 10.4. The number of rotatable bonds is 0. The minimum Gasteiger partial charge on any atom is -0.207 e. The quantitative estimate of drug-likeness (QED) is 0.185. The second-order valence-corrected chi connectivity index (χ2v) is 10.4. The van der Waals surface area contributed by atoms with E-state index in [9.17, 15) is 4.39 Å². The first kappa shape index (κ1) is 34.1. The van der Waals surface area contributed by atoms with E-state index in [2.05, 4.69) is 152 Å². The normalized spacial score (nSPS) is 9.25. The van der Waals surface area contributed by atoms with Crippen molar-refractivity contribution >= 4 is 0 Å². The second kappa shape index (κ2) is 19.1. The molecule has 0 unspecified atom stereocenters. The number of benzene rings is 5. The minimum atomic E-state index is -0.171. The first-order valence-corrected chi connectivity index (χ1v) is 13.8. The zero-order valence-corrected chi connectivity index (χ0v) is 25.9. The Bertz CT molecular complexity index is 954. The highest BCUT2D eigenvalue weighted by Crippen LogP contribution is 2.02. The van der Waals surface area contributed by atoms with E-state index in [1.165, 1.54) is 56.6 Å². The molecule has 5 rings (SSSR count). The van der Waals surface area contributed by atoms with Gasteiger partial charge in [-0.2, -0.15) is 0 Å². The Balaban J connectivity index is 0.000000250. The fourth-order valence-electron chi connectivity index (χ4n) is 3.08. The van der Waals surface area contributed by atoms with Gasteiger partial charge in [-0.05, 0) is 74.4 Å². The van der Waals surface area contributed by atoms with Crippen molar-refractivity contribution in [3.05, 3.63) is 177 Å². The molecule has 0 saturated carbocycles. The molecular formula is C39H47F. The Morgan fingerprint density at radius 3 is 0.425 bits per heavy atom. The smallest absolute Gasteiger partial charge is 0.123 e. The molecule has 0 fully saturated rings. The summed E-state index contributed by atoms with van der Waals surface area (Å²) in [5, 5.41) is 0. The zero-order valence-electron chi connectivity index (χ0n) is 25.9. The van der Waals surface area contributed by atoms with Crippen molar-refractivity contribution in [2.45, 2.75) is 62.3 Å². The van der Waals surface area contributed by atoms with Gasteiger partial charge >= 0.3 is 0 Å². The van der Waals surface area contributed by atoms with E-state index in [1.54, 1.807) is 12.1 Å². The summed E-state index contributed by atoms with van der Waals surface area (Å²) in [6.07, 6.45) is 0. The van der Waals surface area contributed by atoms with Crippen LogP contribution in [0.4, 0.5) is 4.39 Å². The van der Waals surface area contributed by atoms with Gasteiger partial charge in [0.05, 0.1) is 0 Å². The third-order valence-electron chi connectivity index (χ3n) is 5.88. The average Bonchev–Trinajstić information content (AvgIpc) is 2.94. The molecule has 0 radical (unpaired) electrons. The van der Waals surface area contributed by atoms with E-state index < -0.39 is 0 Å². The van der Waals surface area contributed by atoms with Crippen molar-refractivity contribution in [2.24, 2.45) is 0 Å². The van der Waals surface area contributed by atoms with E-state index in [1.807, 2.05) is 6.92 Å². The number of hydrogen-bond donors (Lipinski definition) is 0. The van der Waals surface area contributed by atoms with Crippen LogP contribution in [-0.2, 0) is 0 Å². The maximum Gasteiger partial charge on any atom is 0.123 e. The molecule has 0 N–H and O–H groups in total. The Hall–Kier alpha value is -3.97. The Kier molecular flexibility index (Phi) is 16.3. The van der Waals surface area contributed by atoms with Crippen molar-refractivity contribution in [1.29, 1.82) is 0 Å². The van der Waals surface area contributed by atoms with Crippen molar-refractivity contribution in [3.63, 3.8) is 0 Å². The SMILES string of the molecule is Cc1ccc(C)cc1.Cc1ccc(C)cc1.Cc1ccc(C)cc1.Cc1ccc(C)cc1.Cc1ccc(F)cc1. The van der Waals surface area contributed by atoms with Crippen LogP contribution in [0.5, 0.6) is 0 Å². The highest BCUT2D eigenvalue weighted by molar-refractivity contribution is 5.21. The van der Waals surface area contributed by atoms with Crippen LogP contribution in [0, 0.1) is 68.1 Å². The monoisotopic (exact) mass is 534 g/mol. The van der Waals surface area contributed by atoms with Gasteiger partial charge in [0.2, 0.25) is 0 Å². The average molecular weight is 535 g/mol. The third kappa shape index (κ3) is 17.5. The molecule has 0 aliphatic rings. The largest absolute Gasteiger partial charge is 0.207 e. The summed E-state index contributed by atoms with van der Waals surface area (Å²) >= 11 is 0. The summed E-state index contributed by atoms with van der Waals surface area (Å²) in [5.74, 6) is -0.171. The van der Waals surface area contributed by atoms with Crippen molar-refractivity contribution in [1.82, 2.24) is 0 Å². The first-order chi connectivity index (χ1) is 18.9. The number of aryl methyl sites for hydroxylation is 9. The van der Waals surface area contributed by atoms with Crippen molar-refractivity contribution in [2.75, 3.05) is 0 Å². The molecular weight excluding hydrogens is 487 g/mol. The van der Waals surface area contributed by atoms with Gasteiger partial charge in [-0.15, -0.1) is 0 Å². The molecule has 210 valence electrons. The highest BCUT2D eigenvalue weighted by Gasteiger charge is 1.84. The van der Waals surface area contributed by atoms with Crippen LogP contribution < -0.4 is 0 Å². The molecule has 1 heteroatoms. The van der Waals surface area contributed by atoms with Crippen molar-refractivity contribution in [3.8, 4) is 0 Å². The molecule has 5 aromatic carbocycles. The number of halogens is 1. The predicted octanol–water partition coefficient (Wildman–Crippen LogP) is 11.3. The minimum absolute atomic E-state index is 0.171. The predicted molar refractivity (Wildman–Crippen MR) is 175 cm³/mol. The fraction of sp³-hybridized carbons (Fsp3) is 0.231. The van der Waals surface area contributed by atoms with E-state index in [0.717, 1.165) is 5.56 Å². The maximum absolute atomic E-state index is 12.1. The van der Waals surface area contributed by atoms with E-state index in [0.29, 0.717) is 0 Å².